The number of imidazole rings is 1. The highest BCUT2D eigenvalue weighted by molar-refractivity contribution is 5.78. The number of aromatic amines is 1. The molecule has 5 rings (SSSR count). The van der Waals surface area contributed by atoms with E-state index in [4.69, 9.17) is 24.1 Å². The first kappa shape index (κ1) is 38.3. The highest BCUT2D eigenvalue weighted by Gasteiger charge is 2.39. The van der Waals surface area contributed by atoms with Crippen molar-refractivity contribution in [2.45, 2.75) is 24.9 Å². The maximum absolute atomic E-state index is 14.5. The van der Waals surface area contributed by atoms with Crippen LogP contribution in [0.4, 0.5) is 30.7 Å². The lowest BCUT2D eigenvalue weighted by molar-refractivity contribution is -0.151. The Morgan fingerprint density at radius 2 is 1.54 bits per heavy atom. The van der Waals surface area contributed by atoms with E-state index in [-0.39, 0.29) is 75.0 Å². The van der Waals surface area contributed by atoms with Gasteiger partial charge in [-0.2, -0.15) is 36.5 Å². The second-order valence-corrected chi connectivity index (χ2v) is 11.1. The van der Waals surface area contributed by atoms with Crippen LogP contribution < -0.4 is 0 Å². The van der Waals surface area contributed by atoms with E-state index < -0.39 is 46.9 Å². The molecule has 1 atom stereocenters. The molecule has 4 aromatic rings. The second-order valence-electron chi connectivity index (χ2n) is 11.1. The molecule has 0 fully saturated rings. The second kappa shape index (κ2) is 17.1. The van der Waals surface area contributed by atoms with Crippen LogP contribution in [0.5, 0.6) is 0 Å². The fraction of sp³-hybridized carbons (Fsp3) is 0.353. The first-order chi connectivity index (χ1) is 24.9. The van der Waals surface area contributed by atoms with Gasteiger partial charge in [-0.15, -0.1) is 0 Å². The van der Waals surface area contributed by atoms with E-state index in [2.05, 4.69) is 20.2 Å². The minimum Gasteiger partial charge on any atom is -0.461 e. The van der Waals surface area contributed by atoms with E-state index >= 15 is 0 Å². The highest BCUT2D eigenvalue weighted by atomic mass is 19.4. The molecular formula is C34H32F7N5O6. The lowest BCUT2D eigenvalue weighted by Gasteiger charge is -2.30. The van der Waals surface area contributed by atoms with Crippen molar-refractivity contribution < 1.29 is 59.6 Å². The molecule has 0 bridgehead atoms. The van der Waals surface area contributed by atoms with Crippen LogP contribution in [-0.2, 0) is 42.6 Å². The van der Waals surface area contributed by atoms with E-state index in [1.54, 1.807) is 18.2 Å². The number of aliphatic hydroxyl groups excluding tert-OH is 1. The zero-order valence-electron chi connectivity index (χ0n) is 27.2. The first-order valence-corrected chi connectivity index (χ1v) is 15.8. The maximum Gasteiger partial charge on any atom is 0.417 e. The molecule has 2 aromatic heterocycles. The zero-order chi connectivity index (χ0) is 37.3. The lowest BCUT2D eigenvalue weighted by Crippen LogP contribution is -2.34. The van der Waals surface area contributed by atoms with Gasteiger partial charge < -0.3 is 33.9 Å². The SMILES string of the molecule is O=C(OCCOCCOCCOCCO)C(c1ccc(-c2ccc(C(F)(F)F)cc2C(F)(F)F)nn1)N1C=Cc2[nH]c(-c3ccccc3F)nc2C1. The number of esters is 1. The molecule has 2 aromatic carbocycles. The normalized spacial score (nSPS) is 13.7. The smallest absolute Gasteiger partial charge is 0.417 e. The number of aromatic nitrogens is 4. The summed E-state index contributed by atoms with van der Waals surface area (Å²) in [4.78, 5) is 22.6. The van der Waals surface area contributed by atoms with Gasteiger partial charge in [-0.05, 0) is 42.5 Å². The third kappa shape index (κ3) is 9.69. The summed E-state index contributed by atoms with van der Waals surface area (Å²) in [6.45, 7) is 0.898. The van der Waals surface area contributed by atoms with Crippen molar-refractivity contribution in [3.63, 3.8) is 0 Å². The molecule has 1 aliphatic rings. The Labute approximate surface area is 292 Å². The zero-order valence-corrected chi connectivity index (χ0v) is 27.2. The Morgan fingerprint density at radius 1 is 0.846 bits per heavy atom. The van der Waals surface area contributed by atoms with Gasteiger partial charge in [0.15, 0.2) is 6.04 Å². The minimum absolute atomic E-state index is 0.00252. The third-order valence-corrected chi connectivity index (χ3v) is 7.60. The third-order valence-electron chi connectivity index (χ3n) is 7.60. The topological polar surface area (TPSA) is 132 Å². The number of hydrogen-bond acceptors (Lipinski definition) is 10. The molecule has 3 heterocycles. The monoisotopic (exact) mass is 739 g/mol. The number of nitrogens with one attached hydrogen (secondary N) is 1. The van der Waals surface area contributed by atoms with Gasteiger partial charge >= 0.3 is 18.3 Å². The number of carbonyl (C=O) groups is 1. The van der Waals surface area contributed by atoms with E-state index in [0.717, 1.165) is 6.07 Å². The Bertz CT molecular complexity index is 1830. The van der Waals surface area contributed by atoms with Crippen LogP contribution >= 0.6 is 0 Å². The standard InChI is InChI=1S/C34H32F7N5O6/c35-25-4-2-1-3-23(25)31-42-27-9-10-46(20-29(27)43-31)30(32(48)52-18-17-51-16-15-50-14-13-49-12-11-47)28-8-7-26(44-45-28)22-6-5-21(33(36,37)38)19-24(22)34(39,40)41/h1-10,19,30,47H,11-18,20H2,(H,42,43). The van der Waals surface area contributed by atoms with Gasteiger partial charge in [0.25, 0.3) is 0 Å². The van der Waals surface area contributed by atoms with E-state index in [1.807, 2.05) is 0 Å². The highest BCUT2D eigenvalue weighted by Crippen LogP contribution is 2.40. The number of nitrogens with zero attached hydrogens (tertiary/aromatic N) is 4. The molecular weight excluding hydrogens is 707 g/mol. The van der Waals surface area contributed by atoms with Gasteiger partial charge in [0.05, 0.1) is 92.3 Å². The van der Waals surface area contributed by atoms with E-state index in [1.165, 1.54) is 29.3 Å². The number of rotatable bonds is 16. The van der Waals surface area contributed by atoms with Crippen molar-refractivity contribution >= 4 is 12.0 Å². The van der Waals surface area contributed by atoms with Crippen LogP contribution in [0.25, 0.3) is 28.7 Å². The van der Waals surface area contributed by atoms with Gasteiger partial charge in [0.2, 0.25) is 0 Å². The predicted molar refractivity (Wildman–Crippen MR) is 169 cm³/mol. The minimum atomic E-state index is -5.15. The molecule has 52 heavy (non-hydrogen) atoms. The van der Waals surface area contributed by atoms with Crippen LogP contribution in [0.1, 0.15) is 34.3 Å². The fourth-order valence-electron chi connectivity index (χ4n) is 5.16. The molecule has 2 N–H and O–H groups in total. The van der Waals surface area contributed by atoms with Crippen LogP contribution in [0, 0.1) is 5.82 Å². The molecule has 278 valence electrons. The van der Waals surface area contributed by atoms with Crippen molar-refractivity contribution in [2.75, 3.05) is 52.9 Å². The Kier molecular flexibility index (Phi) is 12.6. The van der Waals surface area contributed by atoms with E-state index in [9.17, 15) is 35.5 Å². The van der Waals surface area contributed by atoms with E-state index in [0.29, 0.717) is 36.7 Å². The van der Waals surface area contributed by atoms with Crippen molar-refractivity contribution in [1.82, 2.24) is 25.1 Å². The summed E-state index contributed by atoms with van der Waals surface area (Å²) in [5, 5.41) is 16.6. The number of alkyl halides is 6. The number of ether oxygens (including phenoxy) is 4. The first-order valence-electron chi connectivity index (χ1n) is 15.8. The summed E-state index contributed by atoms with van der Waals surface area (Å²) in [5.41, 5.74) is -2.92. The fourth-order valence-corrected chi connectivity index (χ4v) is 5.16. The average Bonchev–Trinajstić information content (AvgIpc) is 3.53. The van der Waals surface area contributed by atoms with Gasteiger partial charge in [-0.1, -0.05) is 18.2 Å². The van der Waals surface area contributed by atoms with Crippen molar-refractivity contribution in [3.8, 4) is 22.6 Å². The average molecular weight is 740 g/mol. The summed E-state index contributed by atoms with van der Waals surface area (Å²) in [6.07, 6.45) is -7.03. The molecule has 11 nitrogen and oxygen atoms in total. The molecule has 0 aliphatic carbocycles. The summed E-state index contributed by atoms with van der Waals surface area (Å²) in [5.74, 6) is -1.09. The number of carbonyl (C=O) groups excluding carboxylic acids is 1. The Hall–Kier alpha value is -4.91. The summed E-state index contributed by atoms with van der Waals surface area (Å²) in [7, 11) is 0. The maximum atomic E-state index is 14.5. The Morgan fingerprint density at radius 3 is 2.17 bits per heavy atom. The molecule has 0 saturated carbocycles. The van der Waals surface area contributed by atoms with Crippen molar-refractivity contribution in [2.24, 2.45) is 0 Å². The molecule has 18 heteroatoms. The number of halogens is 7. The Balaban J connectivity index is 1.33. The number of hydrogen-bond donors (Lipinski definition) is 2. The summed E-state index contributed by atoms with van der Waals surface area (Å²) < 4.78 is 117. The van der Waals surface area contributed by atoms with Gasteiger partial charge in [-0.25, -0.2) is 14.2 Å². The number of aliphatic hydroxyl groups is 1. The molecule has 0 saturated heterocycles. The van der Waals surface area contributed by atoms with Crippen LogP contribution in [0.2, 0.25) is 0 Å². The molecule has 1 unspecified atom stereocenters. The van der Waals surface area contributed by atoms with Crippen LogP contribution in [0.3, 0.4) is 0 Å². The lowest BCUT2D eigenvalue weighted by atomic mass is 10.00. The molecule has 0 spiro atoms. The van der Waals surface area contributed by atoms with Crippen molar-refractivity contribution in [3.05, 3.63) is 94.8 Å². The molecule has 0 amide bonds. The number of fused-ring (bicyclic) bond motifs is 1. The molecule has 1 aliphatic heterocycles. The van der Waals surface area contributed by atoms with Crippen LogP contribution in [-0.4, -0.2) is 89.0 Å². The predicted octanol–water partition coefficient (Wildman–Crippen LogP) is 5.82. The van der Waals surface area contributed by atoms with Gasteiger partial charge in [0.1, 0.15) is 18.2 Å². The number of H-pyrrole nitrogens is 1. The van der Waals surface area contributed by atoms with Gasteiger partial charge in [0, 0.05) is 11.8 Å². The van der Waals surface area contributed by atoms with Crippen LogP contribution in [0.15, 0.2) is 60.8 Å². The largest absolute Gasteiger partial charge is 0.461 e. The van der Waals surface area contributed by atoms with Crippen molar-refractivity contribution in [1.29, 1.82) is 0 Å². The van der Waals surface area contributed by atoms with Gasteiger partial charge in [-0.3, -0.25) is 0 Å². The number of benzene rings is 2. The summed E-state index contributed by atoms with van der Waals surface area (Å²) >= 11 is 0. The molecule has 0 radical (unpaired) electrons. The quantitative estimate of drug-likeness (QED) is 0.0823. The summed E-state index contributed by atoms with van der Waals surface area (Å²) in [6, 6.07) is 8.21.